The van der Waals surface area contributed by atoms with Gasteiger partial charge in [0.1, 0.15) is 17.8 Å². The Hall–Kier alpha value is -4.22. The first-order valence-corrected chi connectivity index (χ1v) is 12.3. The third-order valence-corrected chi connectivity index (χ3v) is 6.80. The largest absolute Gasteiger partial charge is 0.340 e. The highest BCUT2D eigenvalue weighted by molar-refractivity contribution is 6.12. The molecule has 5 nitrogen and oxygen atoms in total. The van der Waals surface area contributed by atoms with Gasteiger partial charge in [0.25, 0.3) is 5.91 Å². The number of benzene rings is 3. The van der Waals surface area contributed by atoms with Crippen molar-refractivity contribution in [2.45, 2.75) is 25.6 Å². The molecule has 2 heterocycles. The van der Waals surface area contributed by atoms with Crippen LogP contribution in [0.3, 0.4) is 0 Å². The van der Waals surface area contributed by atoms with Gasteiger partial charge in [-0.2, -0.15) is 5.26 Å². The van der Waals surface area contributed by atoms with E-state index < -0.39 is 17.8 Å². The van der Waals surface area contributed by atoms with Gasteiger partial charge in [-0.05, 0) is 78.1 Å². The Morgan fingerprint density at radius 2 is 1.84 bits per heavy atom. The van der Waals surface area contributed by atoms with Crippen LogP contribution in [-0.2, 0) is 0 Å². The van der Waals surface area contributed by atoms with E-state index in [1.807, 2.05) is 6.07 Å². The fourth-order valence-corrected chi connectivity index (χ4v) is 5.05. The van der Waals surface area contributed by atoms with Gasteiger partial charge in [-0.25, -0.2) is 13.2 Å². The molecule has 3 aromatic carbocycles. The summed E-state index contributed by atoms with van der Waals surface area (Å²) in [6, 6.07) is 15.6. The number of hydrogen-bond acceptors (Lipinski definition) is 4. The van der Waals surface area contributed by atoms with Gasteiger partial charge in [-0.1, -0.05) is 12.1 Å². The van der Waals surface area contributed by atoms with Gasteiger partial charge in [0, 0.05) is 43.3 Å². The molecule has 5 rings (SSSR count). The third-order valence-electron chi connectivity index (χ3n) is 6.80. The first kappa shape index (κ1) is 25.4. The van der Waals surface area contributed by atoms with Crippen LogP contribution in [0.25, 0.3) is 33.2 Å². The Labute approximate surface area is 218 Å². The van der Waals surface area contributed by atoms with Crippen LogP contribution < -0.4 is 5.32 Å². The van der Waals surface area contributed by atoms with Gasteiger partial charge >= 0.3 is 0 Å². The fraction of sp³-hybridized carbons (Fsp3) is 0.233. The number of nitrogens with zero attached hydrogens (tertiary/aromatic N) is 3. The normalized spacial score (nSPS) is 16.9. The maximum Gasteiger partial charge on any atom is 0.255 e. The quantitative estimate of drug-likeness (QED) is 0.366. The first-order chi connectivity index (χ1) is 18.2. The molecular formula is C30H25F3N4O. The number of nitrogens with one attached hydrogen (secondary N) is 1. The van der Waals surface area contributed by atoms with Crippen molar-refractivity contribution in [2.24, 2.45) is 0 Å². The van der Waals surface area contributed by atoms with Crippen LogP contribution in [0.15, 0.2) is 60.8 Å². The molecule has 38 heavy (non-hydrogen) atoms. The molecule has 1 N–H and O–H groups in total. The monoisotopic (exact) mass is 514 g/mol. The number of hydrogen-bond donors (Lipinski definition) is 1. The lowest BCUT2D eigenvalue weighted by Gasteiger charge is -2.23. The number of aryl methyl sites for hydroxylation is 1. The van der Waals surface area contributed by atoms with Gasteiger partial charge in [0.05, 0.1) is 22.7 Å². The van der Waals surface area contributed by atoms with Crippen molar-refractivity contribution >= 4 is 16.8 Å². The summed E-state index contributed by atoms with van der Waals surface area (Å²) in [5.41, 5.74) is 3.73. The zero-order chi connectivity index (χ0) is 27.0. The SMILES string of the molecule is Cc1cc(F)cc(-c2cnc3ccc(-c4cc(F)cc(C#N)c4)cc3c2C(=O)N(C)C[C@@H]2C[C@H](F)CN2)c1. The number of amides is 1. The molecule has 1 saturated heterocycles. The number of alkyl halides is 1. The predicted octanol–water partition coefficient (Wildman–Crippen LogP) is 5.80. The number of carbonyl (C=O) groups is 1. The average Bonchev–Trinajstić information content (AvgIpc) is 3.30. The molecule has 0 bridgehead atoms. The number of likely N-dealkylation sites (N-methyl/N-ethyl adjacent to an activating group) is 1. The maximum absolute atomic E-state index is 14.4. The lowest BCUT2D eigenvalue weighted by Crippen LogP contribution is -2.38. The molecule has 0 spiro atoms. The molecule has 1 fully saturated rings. The molecule has 2 atom stereocenters. The van der Waals surface area contributed by atoms with Crippen molar-refractivity contribution in [3.8, 4) is 28.3 Å². The smallest absolute Gasteiger partial charge is 0.255 e. The second-order valence-corrected chi connectivity index (χ2v) is 9.76. The van der Waals surface area contributed by atoms with Crippen LogP contribution >= 0.6 is 0 Å². The van der Waals surface area contributed by atoms with E-state index in [2.05, 4.69) is 10.3 Å². The highest BCUT2D eigenvalue weighted by Crippen LogP contribution is 2.34. The molecule has 4 aromatic rings. The van der Waals surface area contributed by atoms with Crippen molar-refractivity contribution < 1.29 is 18.0 Å². The Morgan fingerprint density at radius 3 is 2.55 bits per heavy atom. The van der Waals surface area contributed by atoms with E-state index in [0.29, 0.717) is 57.2 Å². The summed E-state index contributed by atoms with van der Waals surface area (Å²) in [6.07, 6.45) is 0.914. The maximum atomic E-state index is 14.4. The molecule has 1 amide bonds. The molecule has 0 aliphatic carbocycles. The van der Waals surface area contributed by atoms with E-state index in [-0.39, 0.29) is 24.1 Å². The summed E-state index contributed by atoms with van der Waals surface area (Å²) in [5.74, 6) is -1.31. The molecule has 1 aromatic heterocycles. The minimum absolute atomic E-state index is 0.175. The Kier molecular flexibility index (Phi) is 6.87. The number of aromatic nitrogens is 1. The van der Waals surface area contributed by atoms with Crippen molar-refractivity contribution in [2.75, 3.05) is 20.1 Å². The van der Waals surface area contributed by atoms with Crippen LogP contribution in [0.4, 0.5) is 13.2 Å². The predicted molar refractivity (Wildman–Crippen MR) is 140 cm³/mol. The molecule has 0 radical (unpaired) electrons. The topological polar surface area (TPSA) is 69.0 Å². The second-order valence-electron chi connectivity index (χ2n) is 9.76. The van der Waals surface area contributed by atoms with Crippen LogP contribution in [0, 0.1) is 29.9 Å². The minimum atomic E-state index is -0.955. The second kappa shape index (κ2) is 10.3. The third kappa shape index (κ3) is 5.11. The number of nitriles is 1. The Morgan fingerprint density at radius 1 is 1.08 bits per heavy atom. The van der Waals surface area contributed by atoms with E-state index in [9.17, 15) is 23.2 Å². The summed E-state index contributed by atoms with van der Waals surface area (Å²) in [7, 11) is 1.65. The molecule has 1 aliphatic heterocycles. The van der Waals surface area contributed by atoms with Gasteiger partial charge in [0.2, 0.25) is 0 Å². The van der Waals surface area contributed by atoms with E-state index in [4.69, 9.17) is 0 Å². The van der Waals surface area contributed by atoms with Gasteiger partial charge in [-0.15, -0.1) is 0 Å². The summed E-state index contributed by atoms with van der Waals surface area (Å²) >= 11 is 0. The van der Waals surface area contributed by atoms with Crippen LogP contribution in [0.5, 0.6) is 0 Å². The lowest BCUT2D eigenvalue weighted by atomic mass is 9.93. The molecule has 8 heteroatoms. The van der Waals surface area contributed by atoms with E-state index in [0.717, 1.165) is 6.07 Å². The average molecular weight is 515 g/mol. The number of rotatable bonds is 5. The zero-order valence-electron chi connectivity index (χ0n) is 20.9. The summed E-state index contributed by atoms with van der Waals surface area (Å²) in [6.45, 7) is 2.31. The Bertz CT molecular complexity index is 1580. The first-order valence-electron chi connectivity index (χ1n) is 12.3. The van der Waals surface area contributed by atoms with Crippen molar-refractivity contribution in [3.05, 3.63) is 89.1 Å². The number of pyridine rings is 1. The van der Waals surface area contributed by atoms with Crippen LogP contribution in [-0.4, -0.2) is 48.1 Å². The number of carbonyl (C=O) groups excluding carboxylic acids is 1. The summed E-state index contributed by atoms with van der Waals surface area (Å²) in [4.78, 5) is 20.0. The number of fused-ring (bicyclic) bond motifs is 1. The number of halogens is 3. The molecule has 192 valence electrons. The van der Waals surface area contributed by atoms with Gasteiger partial charge < -0.3 is 10.2 Å². The summed E-state index contributed by atoms with van der Waals surface area (Å²) in [5, 5.41) is 12.9. The zero-order valence-corrected chi connectivity index (χ0v) is 20.9. The van der Waals surface area contributed by atoms with Crippen LogP contribution in [0.2, 0.25) is 0 Å². The van der Waals surface area contributed by atoms with Crippen LogP contribution in [0.1, 0.15) is 27.9 Å². The van der Waals surface area contributed by atoms with Gasteiger partial charge in [0.15, 0.2) is 0 Å². The van der Waals surface area contributed by atoms with Crippen molar-refractivity contribution in [1.29, 1.82) is 5.26 Å². The van der Waals surface area contributed by atoms with E-state index >= 15 is 0 Å². The fourth-order valence-electron chi connectivity index (χ4n) is 5.05. The molecule has 1 aliphatic rings. The molecular weight excluding hydrogens is 489 g/mol. The molecule has 0 saturated carbocycles. The van der Waals surface area contributed by atoms with Crippen molar-refractivity contribution in [1.82, 2.24) is 15.2 Å². The highest BCUT2D eigenvalue weighted by Gasteiger charge is 2.28. The standard InChI is InChI=1S/C30H25F3N4O/c1-17-5-21(10-22(31)6-17)27-15-36-28-4-3-19(20-7-18(13-34)8-23(32)9-20)11-26(28)29(27)30(38)37(2)16-25-12-24(33)14-35-25/h3-11,15,24-25,35H,12,14,16H2,1-2H3/t24-,25-/m0/s1. The van der Waals surface area contributed by atoms with E-state index in [1.54, 1.807) is 50.5 Å². The minimum Gasteiger partial charge on any atom is -0.340 e. The summed E-state index contributed by atoms with van der Waals surface area (Å²) < 4.78 is 42.4. The van der Waals surface area contributed by atoms with E-state index in [1.165, 1.54) is 23.1 Å². The van der Waals surface area contributed by atoms with Gasteiger partial charge in [-0.3, -0.25) is 9.78 Å². The Balaban J connectivity index is 1.69. The van der Waals surface area contributed by atoms with Crippen molar-refractivity contribution in [3.63, 3.8) is 0 Å². The highest BCUT2D eigenvalue weighted by atomic mass is 19.1. The lowest BCUT2D eigenvalue weighted by molar-refractivity contribution is 0.0785. The molecule has 0 unspecified atom stereocenters.